The van der Waals surface area contributed by atoms with Gasteiger partial charge in [-0.1, -0.05) is 30.3 Å². The van der Waals surface area contributed by atoms with Gasteiger partial charge in [0, 0.05) is 30.1 Å². The van der Waals surface area contributed by atoms with E-state index in [0.717, 1.165) is 42.8 Å². The number of ether oxygens (including phenoxy) is 1. The molecule has 0 radical (unpaired) electrons. The number of hydrogen-bond donors (Lipinski definition) is 0. The number of para-hydroxylation sites is 1. The Hall–Kier alpha value is -3.08. The molecule has 2 heterocycles. The van der Waals surface area contributed by atoms with Crippen LogP contribution in [0.2, 0.25) is 0 Å². The van der Waals surface area contributed by atoms with Gasteiger partial charge >= 0.3 is 0 Å². The van der Waals surface area contributed by atoms with E-state index in [1.807, 2.05) is 70.4 Å². The highest BCUT2D eigenvalue weighted by atomic mass is 16.5. The van der Waals surface area contributed by atoms with Crippen molar-refractivity contribution in [3.63, 3.8) is 0 Å². The van der Waals surface area contributed by atoms with E-state index in [-0.39, 0.29) is 11.9 Å². The summed E-state index contributed by atoms with van der Waals surface area (Å²) in [7, 11) is 1.66. The summed E-state index contributed by atoms with van der Waals surface area (Å²) in [6.07, 6.45) is 5.77. The van der Waals surface area contributed by atoms with Gasteiger partial charge in [0.2, 0.25) is 0 Å². The zero-order valence-corrected chi connectivity index (χ0v) is 15.4. The third-order valence-corrected chi connectivity index (χ3v) is 5.12. The van der Waals surface area contributed by atoms with E-state index < -0.39 is 0 Å². The van der Waals surface area contributed by atoms with Crippen LogP contribution in [0, 0.1) is 0 Å². The molecule has 1 aliphatic rings. The minimum absolute atomic E-state index is 0.0846. The van der Waals surface area contributed by atoms with Gasteiger partial charge in [-0.2, -0.15) is 5.10 Å². The van der Waals surface area contributed by atoms with Gasteiger partial charge in [0.15, 0.2) is 0 Å². The van der Waals surface area contributed by atoms with E-state index in [4.69, 9.17) is 4.74 Å². The summed E-state index contributed by atoms with van der Waals surface area (Å²) in [5.74, 6) is 0.890. The second-order valence-electron chi connectivity index (χ2n) is 6.80. The van der Waals surface area contributed by atoms with Crippen LogP contribution in [0.15, 0.2) is 67.0 Å². The third-order valence-electron chi connectivity index (χ3n) is 5.12. The Bertz CT molecular complexity index is 921. The molecular weight excluding hydrogens is 338 g/mol. The van der Waals surface area contributed by atoms with Gasteiger partial charge < -0.3 is 9.64 Å². The van der Waals surface area contributed by atoms with Gasteiger partial charge in [-0.25, -0.2) is 0 Å². The molecule has 1 amide bonds. The standard InChI is InChI=1S/C22H23N3O2/c1-27-21-11-3-2-10-20(21)17-7-4-8-18(15-17)22(26)25-14-5-9-19(25)16-24-13-6-12-23-24/h2-4,6-8,10-13,15,19H,5,9,14,16H2,1H3. The highest BCUT2D eigenvalue weighted by molar-refractivity contribution is 5.96. The van der Waals surface area contributed by atoms with Crippen LogP contribution in [-0.2, 0) is 6.54 Å². The number of hydrogen-bond acceptors (Lipinski definition) is 3. The van der Waals surface area contributed by atoms with Crippen molar-refractivity contribution in [2.45, 2.75) is 25.4 Å². The van der Waals surface area contributed by atoms with Crippen LogP contribution in [0.1, 0.15) is 23.2 Å². The lowest BCUT2D eigenvalue weighted by atomic mass is 10.0. The van der Waals surface area contributed by atoms with Crippen molar-refractivity contribution >= 4 is 5.91 Å². The minimum atomic E-state index is 0.0846. The molecule has 0 N–H and O–H groups in total. The summed E-state index contributed by atoms with van der Waals surface area (Å²) in [5.41, 5.74) is 2.69. The van der Waals surface area contributed by atoms with E-state index in [0.29, 0.717) is 5.56 Å². The molecule has 1 atom stereocenters. The fourth-order valence-corrected chi connectivity index (χ4v) is 3.79. The quantitative estimate of drug-likeness (QED) is 0.693. The molecule has 3 aromatic rings. The third kappa shape index (κ3) is 3.58. The summed E-state index contributed by atoms with van der Waals surface area (Å²) >= 11 is 0. The molecule has 1 saturated heterocycles. The molecular formula is C22H23N3O2. The maximum atomic E-state index is 13.2. The molecule has 0 bridgehead atoms. The fourth-order valence-electron chi connectivity index (χ4n) is 3.79. The zero-order chi connectivity index (χ0) is 18.6. The summed E-state index contributed by atoms with van der Waals surface area (Å²) < 4.78 is 7.37. The normalized spacial score (nSPS) is 16.5. The molecule has 4 rings (SSSR count). The van der Waals surface area contributed by atoms with Crippen LogP contribution in [0.4, 0.5) is 0 Å². The van der Waals surface area contributed by atoms with E-state index in [1.54, 1.807) is 13.3 Å². The Balaban J connectivity index is 1.58. The summed E-state index contributed by atoms with van der Waals surface area (Å²) in [6.45, 7) is 1.54. The van der Waals surface area contributed by atoms with Crippen LogP contribution >= 0.6 is 0 Å². The molecule has 5 heteroatoms. The minimum Gasteiger partial charge on any atom is -0.496 e. The molecule has 0 spiro atoms. The topological polar surface area (TPSA) is 47.4 Å². The van der Waals surface area contributed by atoms with Gasteiger partial charge in [0.1, 0.15) is 5.75 Å². The number of methoxy groups -OCH3 is 1. The van der Waals surface area contributed by atoms with E-state index in [2.05, 4.69) is 5.10 Å². The molecule has 0 saturated carbocycles. The maximum Gasteiger partial charge on any atom is 0.254 e. The maximum absolute atomic E-state index is 13.2. The lowest BCUT2D eigenvalue weighted by molar-refractivity contribution is 0.0721. The number of benzene rings is 2. The van der Waals surface area contributed by atoms with Gasteiger partial charge in [-0.3, -0.25) is 9.48 Å². The summed E-state index contributed by atoms with van der Waals surface area (Å²) in [6, 6.07) is 17.8. The summed E-state index contributed by atoms with van der Waals surface area (Å²) in [4.78, 5) is 15.2. The van der Waals surface area contributed by atoms with Crippen molar-refractivity contribution in [2.24, 2.45) is 0 Å². The fraction of sp³-hybridized carbons (Fsp3) is 0.273. The zero-order valence-electron chi connectivity index (χ0n) is 15.4. The molecule has 1 aromatic heterocycles. The van der Waals surface area contributed by atoms with Crippen molar-refractivity contribution in [1.29, 1.82) is 0 Å². The Morgan fingerprint density at radius 1 is 1.19 bits per heavy atom. The number of amides is 1. The first-order chi connectivity index (χ1) is 13.3. The first-order valence-corrected chi connectivity index (χ1v) is 9.28. The number of likely N-dealkylation sites (tertiary alicyclic amines) is 1. The van der Waals surface area contributed by atoms with Crippen LogP contribution < -0.4 is 4.74 Å². The SMILES string of the molecule is COc1ccccc1-c1cccc(C(=O)N2CCCC2Cn2cccn2)c1. The smallest absolute Gasteiger partial charge is 0.254 e. The van der Waals surface area contributed by atoms with Gasteiger partial charge in [0.05, 0.1) is 19.7 Å². The number of nitrogens with zero attached hydrogens (tertiary/aromatic N) is 3. The molecule has 1 aliphatic heterocycles. The van der Waals surface area contributed by atoms with Crippen molar-refractivity contribution < 1.29 is 9.53 Å². The van der Waals surface area contributed by atoms with E-state index in [1.165, 1.54) is 0 Å². The van der Waals surface area contributed by atoms with Crippen LogP contribution in [0.25, 0.3) is 11.1 Å². The van der Waals surface area contributed by atoms with Crippen LogP contribution in [0.3, 0.4) is 0 Å². The van der Waals surface area contributed by atoms with E-state index >= 15 is 0 Å². The van der Waals surface area contributed by atoms with Gasteiger partial charge in [0.25, 0.3) is 5.91 Å². The van der Waals surface area contributed by atoms with Crippen molar-refractivity contribution in [3.8, 4) is 16.9 Å². The van der Waals surface area contributed by atoms with Crippen molar-refractivity contribution in [3.05, 3.63) is 72.6 Å². The lowest BCUT2D eigenvalue weighted by Gasteiger charge is -2.25. The Labute approximate surface area is 159 Å². The first-order valence-electron chi connectivity index (χ1n) is 9.28. The molecule has 138 valence electrons. The van der Waals surface area contributed by atoms with Crippen LogP contribution in [0.5, 0.6) is 5.75 Å². The predicted molar refractivity (Wildman–Crippen MR) is 105 cm³/mol. The second kappa shape index (κ2) is 7.66. The molecule has 5 nitrogen and oxygen atoms in total. The largest absolute Gasteiger partial charge is 0.496 e. The number of aromatic nitrogens is 2. The molecule has 1 fully saturated rings. The lowest BCUT2D eigenvalue weighted by Crippen LogP contribution is -2.38. The number of rotatable bonds is 5. The average molecular weight is 361 g/mol. The second-order valence-corrected chi connectivity index (χ2v) is 6.80. The van der Waals surface area contributed by atoms with E-state index in [9.17, 15) is 4.79 Å². The summed E-state index contributed by atoms with van der Waals surface area (Å²) in [5, 5.41) is 4.28. The van der Waals surface area contributed by atoms with Crippen molar-refractivity contribution in [1.82, 2.24) is 14.7 Å². The predicted octanol–water partition coefficient (Wildman–Crippen LogP) is 3.86. The van der Waals surface area contributed by atoms with Crippen LogP contribution in [-0.4, -0.2) is 40.3 Å². The number of carbonyl (C=O) groups is 1. The molecule has 27 heavy (non-hydrogen) atoms. The molecule has 2 aromatic carbocycles. The highest BCUT2D eigenvalue weighted by Crippen LogP contribution is 2.31. The Kier molecular flexibility index (Phi) is 4.92. The molecule has 0 aliphatic carbocycles. The Morgan fingerprint density at radius 2 is 2.07 bits per heavy atom. The van der Waals surface area contributed by atoms with Gasteiger partial charge in [-0.05, 0) is 42.7 Å². The molecule has 1 unspecified atom stereocenters. The first kappa shape index (κ1) is 17.3. The van der Waals surface area contributed by atoms with Crippen molar-refractivity contribution in [2.75, 3.05) is 13.7 Å². The average Bonchev–Trinajstić information content (AvgIpc) is 3.40. The number of carbonyl (C=O) groups excluding carboxylic acids is 1. The highest BCUT2D eigenvalue weighted by Gasteiger charge is 2.30. The Morgan fingerprint density at radius 3 is 2.89 bits per heavy atom. The van der Waals surface area contributed by atoms with Gasteiger partial charge in [-0.15, -0.1) is 0 Å². The monoisotopic (exact) mass is 361 g/mol.